The smallest absolute Gasteiger partial charge is 0.252 e. The topological polar surface area (TPSA) is 62.3 Å². The van der Waals surface area contributed by atoms with E-state index >= 15 is 0 Å². The first-order valence-corrected chi connectivity index (χ1v) is 11.4. The average Bonchev–Trinajstić information content (AvgIpc) is 3.17. The summed E-state index contributed by atoms with van der Waals surface area (Å²) in [4.78, 5) is 32.1. The molecule has 0 aliphatic carbocycles. The molecular weight excluding hydrogens is 442 g/mol. The second-order valence-corrected chi connectivity index (χ2v) is 8.94. The standard InChI is InChI=1S/C25H22ClN3O2S/c1-16-13-17(2)15-18(14-16)29(25-28-21-9-5-6-10-22(21)32-25)23(30)11-12-27-24(31)19-7-3-4-8-20(19)26/h3-10,13-15H,11-12H2,1-2H3,(H,27,31). The lowest BCUT2D eigenvalue weighted by Gasteiger charge is -2.21. The van der Waals surface area contributed by atoms with E-state index in [2.05, 4.69) is 11.4 Å². The maximum absolute atomic E-state index is 13.3. The van der Waals surface area contributed by atoms with Crippen LogP contribution in [0.4, 0.5) is 10.8 Å². The molecule has 7 heteroatoms. The van der Waals surface area contributed by atoms with Crippen molar-refractivity contribution >= 4 is 55.8 Å². The third-order valence-electron chi connectivity index (χ3n) is 4.93. The Balaban J connectivity index is 1.57. The van der Waals surface area contributed by atoms with Crippen LogP contribution in [-0.4, -0.2) is 23.3 Å². The number of rotatable bonds is 6. The van der Waals surface area contributed by atoms with Gasteiger partial charge in [0.25, 0.3) is 5.91 Å². The molecule has 5 nitrogen and oxygen atoms in total. The van der Waals surface area contributed by atoms with Crippen LogP contribution in [0, 0.1) is 13.8 Å². The lowest BCUT2D eigenvalue weighted by atomic mass is 10.1. The molecule has 0 bridgehead atoms. The van der Waals surface area contributed by atoms with Gasteiger partial charge in [0, 0.05) is 13.0 Å². The van der Waals surface area contributed by atoms with Crippen molar-refractivity contribution in [2.45, 2.75) is 20.3 Å². The summed E-state index contributed by atoms with van der Waals surface area (Å²) in [7, 11) is 0. The van der Waals surface area contributed by atoms with Crippen LogP contribution in [-0.2, 0) is 4.79 Å². The van der Waals surface area contributed by atoms with Crippen molar-refractivity contribution in [3.05, 3.63) is 88.4 Å². The van der Waals surface area contributed by atoms with Gasteiger partial charge in [-0.1, -0.05) is 53.3 Å². The number of aromatic nitrogens is 1. The van der Waals surface area contributed by atoms with E-state index in [-0.39, 0.29) is 24.8 Å². The van der Waals surface area contributed by atoms with E-state index in [1.165, 1.54) is 11.3 Å². The Morgan fingerprint density at radius 1 is 1.00 bits per heavy atom. The zero-order chi connectivity index (χ0) is 22.7. The van der Waals surface area contributed by atoms with Gasteiger partial charge < -0.3 is 5.32 Å². The molecule has 0 saturated heterocycles. The number of para-hydroxylation sites is 1. The van der Waals surface area contributed by atoms with Crippen molar-refractivity contribution < 1.29 is 9.59 Å². The first-order valence-electron chi connectivity index (χ1n) is 10.2. The van der Waals surface area contributed by atoms with Gasteiger partial charge in [-0.2, -0.15) is 0 Å². The molecule has 0 aliphatic rings. The molecule has 32 heavy (non-hydrogen) atoms. The molecule has 0 aliphatic heterocycles. The molecule has 4 aromatic rings. The van der Waals surface area contributed by atoms with Crippen LogP contribution in [0.25, 0.3) is 10.2 Å². The van der Waals surface area contributed by atoms with Gasteiger partial charge in [0.15, 0.2) is 5.13 Å². The van der Waals surface area contributed by atoms with Gasteiger partial charge in [0.1, 0.15) is 0 Å². The number of nitrogens with one attached hydrogen (secondary N) is 1. The molecule has 0 spiro atoms. The number of anilines is 2. The van der Waals surface area contributed by atoms with E-state index in [4.69, 9.17) is 16.6 Å². The van der Waals surface area contributed by atoms with Crippen LogP contribution in [0.15, 0.2) is 66.7 Å². The molecule has 2 amide bonds. The number of hydrogen-bond acceptors (Lipinski definition) is 4. The van der Waals surface area contributed by atoms with Gasteiger partial charge in [-0.15, -0.1) is 0 Å². The van der Waals surface area contributed by atoms with Crippen molar-refractivity contribution in [1.29, 1.82) is 0 Å². The highest BCUT2D eigenvalue weighted by Gasteiger charge is 2.22. The van der Waals surface area contributed by atoms with Crippen molar-refractivity contribution in [1.82, 2.24) is 10.3 Å². The predicted molar refractivity (Wildman–Crippen MR) is 131 cm³/mol. The van der Waals surface area contributed by atoms with Crippen molar-refractivity contribution in [3.8, 4) is 0 Å². The van der Waals surface area contributed by atoms with Gasteiger partial charge >= 0.3 is 0 Å². The Hall–Kier alpha value is -3.22. The van der Waals surface area contributed by atoms with Gasteiger partial charge in [-0.05, 0) is 61.4 Å². The summed E-state index contributed by atoms with van der Waals surface area (Å²) < 4.78 is 1.01. The zero-order valence-electron chi connectivity index (χ0n) is 17.8. The van der Waals surface area contributed by atoms with E-state index in [1.807, 2.05) is 50.2 Å². The fraction of sp³-hybridized carbons (Fsp3) is 0.160. The van der Waals surface area contributed by atoms with Gasteiger partial charge in [-0.25, -0.2) is 4.98 Å². The predicted octanol–water partition coefficient (Wildman–Crippen LogP) is 6.05. The normalized spacial score (nSPS) is 10.8. The first kappa shape index (κ1) is 22.0. The lowest BCUT2D eigenvalue weighted by molar-refractivity contribution is -0.117. The molecular formula is C25H22ClN3O2S. The summed E-state index contributed by atoms with van der Waals surface area (Å²) in [6, 6.07) is 20.7. The average molecular weight is 464 g/mol. The van der Waals surface area contributed by atoms with E-state index < -0.39 is 0 Å². The number of carbonyl (C=O) groups is 2. The van der Waals surface area contributed by atoms with Crippen molar-refractivity contribution in [2.24, 2.45) is 0 Å². The van der Waals surface area contributed by atoms with Gasteiger partial charge in [0.2, 0.25) is 5.91 Å². The van der Waals surface area contributed by atoms with Crippen LogP contribution < -0.4 is 10.2 Å². The number of nitrogens with zero attached hydrogens (tertiary/aromatic N) is 2. The molecule has 1 N–H and O–H groups in total. The maximum Gasteiger partial charge on any atom is 0.252 e. The van der Waals surface area contributed by atoms with Crippen LogP contribution in [0.1, 0.15) is 27.9 Å². The highest BCUT2D eigenvalue weighted by molar-refractivity contribution is 7.22. The fourth-order valence-electron chi connectivity index (χ4n) is 3.53. The van der Waals surface area contributed by atoms with Crippen LogP contribution in [0.2, 0.25) is 5.02 Å². The largest absolute Gasteiger partial charge is 0.351 e. The minimum Gasteiger partial charge on any atom is -0.351 e. The highest BCUT2D eigenvalue weighted by Crippen LogP contribution is 2.34. The minimum atomic E-state index is -0.304. The Bertz CT molecular complexity index is 1250. The number of fused-ring (bicyclic) bond motifs is 1. The number of carbonyl (C=O) groups excluding carboxylic acids is 2. The van der Waals surface area contributed by atoms with Crippen molar-refractivity contribution in [3.63, 3.8) is 0 Å². The molecule has 0 atom stereocenters. The second-order valence-electron chi connectivity index (χ2n) is 7.52. The molecule has 0 saturated carbocycles. The Labute approximate surface area is 195 Å². The van der Waals surface area contributed by atoms with E-state index in [9.17, 15) is 9.59 Å². The molecule has 1 aromatic heterocycles. The third kappa shape index (κ3) is 4.82. The number of hydrogen-bond donors (Lipinski definition) is 1. The summed E-state index contributed by atoms with van der Waals surface area (Å²) >= 11 is 7.56. The van der Waals surface area contributed by atoms with Gasteiger partial charge in [0.05, 0.1) is 26.5 Å². The van der Waals surface area contributed by atoms with Crippen LogP contribution >= 0.6 is 22.9 Å². The Morgan fingerprint density at radius 2 is 1.69 bits per heavy atom. The maximum atomic E-state index is 13.3. The Morgan fingerprint density at radius 3 is 2.41 bits per heavy atom. The number of aryl methyl sites for hydroxylation is 2. The summed E-state index contributed by atoms with van der Waals surface area (Å²) in [5.41, 5.74) is 4.13. The molecule has 0 unspecified atom stereocenters. The van der Waals surface area contributed by atoms with E-state index in [1.54, 1.807) is 29.2 Å². The first-order chi connectivity index (χ1) is 15.4. The number of thiazole rings is 1. The summed E-state index contributed by atoms with van der Waals surface area (Å²) in [5.74, 6) is -0.449. The zero-order valence-corrected chi connectivity index (χ0v) is 19.3. The second kappa shape index (κ2) is 9.51. The highest BCUT2D eigenvalue weighted by atomic mass is 35.5. The number of benzene rings is 3. The monoisotopic (exact) mass is 463 g/mol. The van der Waals surface area contributed by atoms with E-state index in [0.717, 1.165) is 27.0 Å². The van der Waals surface area contributed by atoms with Crippen molar-refractivity contribution in [2.75, 3.05) is 11.4 Å². The lowest BCUT2D eigenvalue weighted by Crippen LogP contribution is -2.32. The summed E-state index contributed by atoms with van der Waals surface area (Å²) in [6.07, 6.45) is 0.124. The Kier molecular flexibility index (Phi) is 6.53. The third-order valence-corrected chi connectivity index (χ3v) is 6.28. The van der Waals surface area contributed by atoms with Crippen LogP contribution in [0.3, 0.4) is 0 Å². The molecule has 0 radical (unpaired) electrons. The summed E-state index contributed by atoms with van der Waals surface area (Å²) in [5, 5.41) is 3.78. The number of amides is 2. The molecule has 1 heterocycles. The number of halogens is 1. The SMILES string of the molecule is Cc1cc(C)cc(N(C(=O)CCNC(=O)c2ccccc2Cl)c2nc3ccccc3s2)c1. The molecule has 162 valence electrons. The summed E-state index contributed by atoms with van der Waals surface area (Å²) in [6.45, 7) is 4.19. The molecule has 3 aromatic carbocycles. The van der Waals surface area contributed by atoms with Gasteiger partial charge in [-0.3, -0.25) is 14.5 Å². The quantitative estimate of drug-likeness (QED) is 0.378. The minimum absolute atomic E-state index is 0.124. The van der Waals surface area contributed by atoms with E-state index in [0.29, 0.717) is 15.7 Å². The van der Waals surface area contributed by atoms with Crippen LogP contribution in [0.5, 0.6) is 0 Å². The fourth-order valence-corrected chi connectivity index (χ4v) is 4.76. The molecule has 4 rings (SSSR count). The molecule has 0 fully saturated rings.